The number of hydrogen-bond acceptors (Lipinski definition) is 5. The summed E-state index contributed by atoms with van der Waals surface area (Å²) in [5, 5.41) is 0.334. The standard InChI is InChI=1S/C10H15N3O2S2/c1-8-7-13(4-5-16-8)17(14,15)9-2-3-10(11)12-6-9/h2-3,6,8H,4-5,7H2,1H3,(H2,11,12). The Labute approximate surface area is 105 Å². The topological polar surface area (TPSA) is 76.3 Å². The fraction of sp³-hybridized carbons (Fsp3) is 0.500. The Morgan fingerprint density at radius 1 is 1.53 bits per heavy atom. The van der Waals surface area contributed by atoms with Crippen LogP contribution in [0.2, 0.25) is 0 Å². The largest absolute Gasteiger partial charge is 0.384 e. The molecule has 2 rings (SSSR count). The fourth-order valence-electron chi connectivity index (χ4n) is 1.70. The molecule has 1 aromatic heterocycles. The van der Waals surface area contributed by atoms with Crippen molar-refractivity contribution in [3.8, 4) is 0 Å². The van der Waals surface area contributed by atoms with Gasteiger partial charge in [-0.3, -0.25) is 0 Å². The molecular weight excluding hydrogens is 258 g/mol. The monoisotopic (exact) mass is 273 g/mol. The first kappa shape index (κ1) is 12.7. The first-order valence-corrected chi connectivity index (χ1v) is 7.82. The van der Waals surface area contributed by atoms with Crippen molar-refractivity contribution < 1.29 is 8.42 Å². The lowest BCUT2D eigenvalue weighted by molar-refractivity contribution is 0.424. The van der Waals surface area contributed by atoms with Gasteiger partial charge in [-0.1, -0.05) is 6.92 Å². The zero-order valence-corrected chi connectivity index (χ0v) is 11.2. The summed E-state index contributed by atoms with van der Waals surface area (Å²) < 4.78 is 26.1. The van der Waals surface area contributed by atoms with Crippen molar-refractivity contribution in [3.63, 3.8) is 0 Å². The molecule has 0 aliphatic carbocycles. The van der Waals surface area contributed by atoms with E-state index in [4.69, 9.17) is 5.73 Å². The summed E-state index contributed by atoms with van der Waals surface area (Å²) in [7, 11) is -3.41. The highest BCUT2D eigenvalue weighted by Crippen LogP contribution is 2.23. The highest BCUT2D eigenvalue weighted by Gasteiger charge is 2.28. The molecule has 1 aliphatic rings. The van der Waals surface area contributed by atoms with Crippen LogP contribution >= 0.6 is 11.8 Å². The quantitative estimate of drug-likeness (QED) is 0.862. The molecule has 5 nitrogen and oxygen atoms in total. The van der Waals surface area contributed by atoms with Crippen molar-refractivity contribution in [1.82, 2.24) is 9.29 Å². The summed E-state index contributed by atoms with van der Waals surface area (Å²) in [6.07, 6.45) is 1.32. The lowest BCUT2D eigenvalue weighted by Crippen LogP contribution is -2.40. The normalized spacial score (nSPS) is 22.5. The number of rotatable bonds is 2. The third kappa shape index (κ3) is 2.72. The number of anilines is 1. The van der Waals surface area contributed by atoms with Gasteiger partial charge in [-0.05, 0) is 12.1 Å². The Balaban J connectivity index is 2.26. The highest BCUT2D eigenvalue weighted by molar-refractivity contribution is 8.00. The Hall–Kier alpha value is -0.790. The summed E-state index contributed by atoms with van der Waals surface area (Å²) in [5.74, 6) is 1.16. The molecule has 1 aliphatic heterocycles. The molecule has 0 spiro atoms. The van der Waals surface area contributed by atoms with Gasteiger partial charge in [0.25, 0.3) is 0 Å². The van der Waals surface area contributed by atoms with Gasteiger partial charge in [0.15, 0.2) is 0 Å². The molecule has 0 radical (unpaired) electrons. The Kier molecular flexibility index (Phi) is 3.60. The van der Waals surface area contributed by atoms with Gasteiger partial charge in [0.1, 0.15) is 10.7 Å². The van der Waals surface area contributed by atoms with Crippen LogP contribution in [0.5, 0.6) is 0 Å². The van der Waals surface area contributed by atoms with E-state index in [1.807, 2.05) is 6.92 Å². The smallest absolute Gasteiger partial charge is 0.244 e. The second-order valence-electron chi connectivity index (χ2n) is 3.96. The second-order valence-corrected chi connectivity index (χ2v) is 7.45. The molecule has 1 unspecified atom stereocenters. The van der Waals surface area contributed by atoms with E-state index in [0.29, 0.717) is 24.2 Å². The van der Waals surface area contributed by atoms with Crippen molar-refractivity contribution in [2.45, 2.75) is 17.1 Å². The molecule has 0 amide bonds. The van der Waals surface area contributed by atoms with Crippen LogP contribution < -0.4 is 5.73 Å². The number of sulfonamides is 1. The summed E-state index contributed by atoms with van der Waals surface area (Å²) >= 11 is 1.79. The Morgan fingerprint density at radius 2 is 2.29 bits per heavy atom. The minimum Gasteiger partial charge on any atom is -0.384 e. The molecule has 7 heteroatoms. The predicted octanol–water partition coefficient (Wildman–Crippen LogP) is 0.790. The zero-order chi connectivity index (χ0) is 12.5. The molecule has 0 bridgehead atoms. The van der Waals surface area contributed by atoms with Crippen LogP contribution in [0.25, 0.3) is 0 Å². The van der Waals surface area contributed by atoms with E-state index in [1.54, 1.807) is 11.8 Å². The lowest BCUT2D eigenvalue weighted by atomic mass is 10.4. The van der Waals surface area contributed by atoms with E-state index >= 15 is 0 Å². The number of nitrogens with two attached hydrogens (primary N) is 1. The number of hydrogen-bond donors (Lipinski definition) is 1. The van der Waals surface area contributed by atoms with Gasteiger partial charge in [0, 0.05) is 30.3 Å². The molecule has 1 aromatic rings. The van der Waals surface area contributed by atoms with Gasteiger partial charge in [-0.2, -0.15) is 16.1 Å². The van der Waals surface area contributed by atoms with E-state index in [0.717, 1.165) is 5.75 Å². The van der Waals surface area contributed by atoms with E-state index in [1.165, 1.54) is 22.6 Å². The summed E-state index contributed by atoms with van der Waals surface area (Å²) in [4.78, 5) is 4.04. The minimum absolute atomic E-state index is 0.214. The summed E-state index contributed by atoms with van der Waals surface area (Å²) in [6, 6.07) is 3.01. The molecule has 94 valence electrons. The van der Waals surface area contributed by atoms with Crippen LogP contribution in [-0.4, -0.2) is 41.8 Å². The van der Waals surface area contributed by atoms with Crippen molar-refractivity contribution in [2.24, 2.45) is 0 Å². The fourth-order valence-corrected chi connectivity index (χ4v) is 4.40. The molecule has 2 heterocycles. The minimum atomic E-state index is -3.41. The molecule has 1 fully saturated rings. The number of thioether (sulfide) groups is 1. The average Bonchev–Trinajstić information content (AvgIpc) is 2.29. The molecule has 0 saturated carbocycles. The first-order valence-electron chi connectivity index (χ1n) is 5.33. The Bertz CT molecular complexity index is 487. The van der Waals surface area contributed by atoms with Crippen LogP contribution in [0.4, 0.5) is 5.82 Å². The van der Waals surface area contributed by atoms with Gasteiger partial charge in [0.05, 0.1) is 0 Å². The molecule has 1 saturated heterocycles. The van der Waals surface area contributed by atoms with Gasteiger partial charge in [0.2, 0.25) is 10.0 Å². The van der Waals surface area contributed by atoms with Crippen LogP contribution in [0, 0.1) is 0 Å². The molecular formula is C10H15N3O2S2. The van der Waals surface area contributed by atoms with E-state index in [2.05, 4.69) is 4.98 Å². The summed E-state index contributed by atoms with van der Waals surface area (Å²) in [6.45, 7) is 3.15. The van der Waals surface area contributed by atoms with Crippen LogP contribution in [0.15, 0.2) is 23.2 Å². The van der Waals surface area contributed by atoms with E-state index in [-0.39, 0.29) is 4.90 Å². The zero-order valence-electron chi connectivity index (χ0n) is 9.54. The van der Waals surface area contributed by atoms with Gasteiger partial charge < -0.3 is 5.73 Å². The average molecular weight is 273 g/mol. The number of nitrogen functional groups attached to an aromatic ring is 1. The van der Waals surface area contributed by atoms with Gasteiger partial charge in [-0.25, -0.2) is 13.4 Å². The molecule has 2 N–H and O–H groups in total. The van der Waals surface area contributed by atoms with Gasteiger partial charge >= 0.3 is 0 Å². The predicted molar refractivity (Wildman–Crippen MR) is 69.3 cm³/mol. The maximum atomic E-state index is 12.3. The lowest BCUT2D eigenvalue weighted by Gasteiger charge is -2.29. The maximum absolute atomic E-state index is 12.3. The van der Waals surface area contributed by atoms with Crippen molar-refractivity contribution in [2.75, 3.05) is 24.6 Å². The SMILES string of the molecule is CC1CN(S(=O)(=O)c2ccc(N)nc2)CCS1. The first-order chi connectivity index (χ1) is 8.00. The molecule has 17 heavy (non-hydrogen) atoms. The van der Waals surface area contributed by atoms with E-state index in [9.17, 15) is 8.42 Å². The molecule has 0 aromatic carbocycles. The Morgan fingerprint density at radius 3 is 2.88 bits per heavy atom. The number of nitrogens with zero attached hydrogens (tertiary/aromatic N) is 2. The highest BCUT2D eigenvalue weighted by atomic mass is 32.2. The van der Waals surface area contributed by atoms with Crippen molar-refractivity contribution in [1.29, 1.82) is 0 Å². The van der Waals surface area contributed by atoms with Crippen molar-refractivity contribution >= 4 is 27.6 Å². The molecule has 1 atom stereocenters. The van der Waals surface area contributed by atoms with Crippen molar-refractivity contribution in [3.05, 3.63) is 18.3 Å². The van der Waals surface area contributed by atoms with E-state index < -0.39 is 10.0 Å². The third-order valence-electron chi connectivity index (χ3n) is 2.60. The van der Waals surface area contributed by atoms with Crippen LogP contribution in [0.3, 0.4) is 0 Å². The maximum Gasteiger partial charge on any atom is 0.244 e. The summed E-state index contributed by atoms with van der Waals surface area (Å²) in [5.41, 5.74) is 5.45. The number of pyridine rings is 1. The second kappa shape index (κ2) is 4.83. The van der Waals surface area contributed by atoms with Crippen LogP contribution in [0.1, 0.15) is 6.92 Å². The third-order valence-corrected chi connectivity index (χ3v) is 5.59. The number of aromatic nitrogens is 1. The van der Waals surface area contributed by atoms with Gasteiger partial charge in [-0.15, -0.1) is 0 Å². The van der Waals surface area contributed by atoms with Crippen LogP contribution in [-0.2, 0) is 10.0 Å².